The first kappa shape index (κ1) is 13.3. The van der Waals surface area contributed by atoms with Crippen LogP contribution in [0.4, 0.5) is 11.9 Å². The zero-order chi connectivity index (χ0) is 13.0. The number of nitrogens with one attached hydrogen (secondary N) is 1. The molecule has 1 fully saturated rings. The molecule has 0 spiro atoms. The zero-order valence-corrected chi connectivity index (χ0v) is 11.4. The van der Waals surface area contributed by atoms with Gasteiger partial charge in [-0.15, -0.1) is 0 Å². The molecule has 1 aliphatic rings. The molecule has 6 nitrogen and oxygen atoms in total. The van der Waals surface area contributed by atoms with Gasteiger partial charge in [-0.25, -0.2) is 0 Å². The van der Waals surface area contributed by atoms with Crippen molar-refractivity contribution in [2.24, 2.45) is 0 Å². The Morgan fingerprint density at radius 1 is 1.44 bits per heavy atom. The predicted octanol–water partition coefficient (Wildman–Crippen LogP) is 1.57. The molecule has 1 aliphatic heterocycles. The van der Waals surface area contributed by atoms with E-state index in [4.69, 9.17) is 16.3 Å². The Morgan fingerprint density at radius 3 is 3.00 bits per heavy atom. The van der Waals surface area contributed by atoms with Crippen LogP contribution in [0.3, 0.4) is 0 Å². The highest BCUT2D eigenvalue weighted by Gasteiger charge is 2.20. The van der Waals surface area contributed by atoms with E-state index in [1.807, 2.05) is 6.92 Å². The molecule has 1 aromatic rings. The molecular weight excluding hydrogens is 254 g/mol. The molecule has 1 unspecified atom stereocenters. The Labute approximate surface area is 112 Å². The van der Waals surface area contributed by atoms with Crippen LogP contribution in [0.1, 0.15) is 20.3 Å². The third kappa shape index (κ3) is 3.43. The molecule has 0 radical (unpaired) electrons. The average Bonchev–Trinajstić information content (AvgIpc) is 2.36. The van der Waals surface area contributed by atoms with Crippen LogP contribution in [0.5, 0.6) is 0 Å². The molecule has 0 saturated carbocycles. The van der Waals surface area contributed by atoms with Crippen LogP contribution >= 0.6 is 11.6 Å². The predicted molar refractivity (Wildman–Crippen MR) is 71.2 cm³/mol. The Balaban J connectivity index is 2.13. The van der Waals surface area contributed by atoms with E-state index in [9.17, 15) is 0 Å². The summed E-state index contributed by atoms with van der Waals surface area (Å²) in [6.45, 7) is 7.17. The average molecular weight is 272 g/mol. The Hall–Kier alpha value is -1.14. The number of nitrogens with zero attached hydrogens (tertiary/aromatic N) is 4. The second kappa shape index (κ2) is 6.15. The normalized spacial score (nSPS) is 19.9. The Kier molecular flexibility index (Phi) is 4.54. The first-order chi connectivity index (χ1) is 8.69. The van der Waals surface area contributed by atoms with Gasteiger partial charge < -0.3 is 15.0 Å². The summed E-state index contributed by atoms with van der Waals surface area (Å²) in [5, 5.41) is 3.34. The van der Waals surface area contributed by atoms with Crippen molar-refractivity contribution >= 4 is 23.5 Å². The van der Waals surface area contributed by atoms with Crippen LogP contribution in [-0.2, 0) is 4.74 Å². The number of aromatic nitrogens is 3. The van der Waals surface area contributed by atoms with Crippen molar-refractivity contribution in [1.29, 1.82) is 0 Å². The maximum Gasteiger partial charge on any atom is 0.231 e. The van der Waals surface area contributed by atoms with E-state index in [0.717, 1.165) is 26.1 Å². The number of ether oxygens (including phenoxy) is 1. The third-order valence-corrected chi connectivity index (χ3v) is 2.82. The summed E-state index contributed by atoms with van der Waals surface area (Å²) in [6, 6.07) is 0. The van der Waals surface area contributed by atoms with E-state index in [0.29, 0.717) is 18.5 Å². The molecule has 2 heterocycles. The van der Waals surface area contributed by atoms with Crippen molar-refractivity contribution in [3.8, 4) is 0 Å². The van der Waals surface area contributed by atoms with Gasteiger partial charge in [0.15, 0.2) is 0 Å². The van der Waals surface area contributed by atoms with Gasteiger partial charge in [0.1, 0.15) is 0 Å². The van der Waals surface area contributed by atoms with E-state index in [1.54, 1.807) is 0 Å². The van der Waals surface area contributed by atoms with Gasteiger partial charge in [-0.2, -0.15) is 15.0 Å². The molecule has 1 N–H and O–H groups in total. The molecule has 1 atom stereocenters. The van der Waals surface area contributed by atoms with Crippen molar-refractivity contribution < 1.29 is 4.74 Å². The van der Waals surface area contributed by atoms with Crippen molar-refractivity contribution in [2.45, 2.75) is 26.4 Å². The van der Waals surface area contributed by atoms with Crippen LogP contribution in [0.2, 0.25) is 5.28 Å². The lowest BCUT2D eigenvalue weighted by molar-refractivity contribution is 0.0526. The monoisotopic (exact) mass is 271 g/mol. The zero-order valence-electron chi connectivity index (χ0n) is 10.7. The van der Waals surface area contributed by atoms with Crippen LogP contribution in [0.15, 0.2) is 0 Å². The van der Waals surface area contributed by atoms with Crippen LogP contribution in [-0.4, -0.2) is 47.3 Å². The lowest BCUT2D eigenvalue weighted by Gasteiger charge is -2.31. The van der Waals surface area contributed by atoms with E-state index < -0.39 is 0 Å². The summed E-state index contributed by atoms with van der Waals surface area (Å²) in [7, 11) is 0. The number of hydrogen-bond donors (Lipinski definition) is 1. The van der Waals surface area contributed by atoms with Crippen molar-refractivity contribution in [1.82, 2.24) is 15.0 Å². The molecule has 100 valence electrons. The summed E-state index contributed by atoms with van der Waals surface area (Å²) in [5.74, 6) is 1.15. The Morgan fingerprint density at radius 2 is 2.28 bits per heavy atom. The molecule has 18 heavy (non-hydrogen) atoms. The Bertz CT molecular complexity index is 403. The van der Waals surface area contributed by atoms with Gasteiger partial charge in [0, 0.05) is 19.6 Å². The lowest BCUT2D eigenvalue weighted by atomic mass is 10.3. The summed E-state index contributed by atoms with van der Waals surface area (Å²) >= 11 is 5.92. The third-order valence-electron chi connectivity index (χ3n) is 2.65. The highest BCUT2D eigenvalue weighted by atomic mass is 35.5. The molecule has 0 amide bonds. The van der Waals surface area contributed by atoms with Crippen LogP contribution in [0.25, 0.3) is 0 Å². The highest BCUT2D eigenvalue weighted by molar-refractivity contribution is 6.28. The molecule has 0 aromatic carbocycles. The summed E-state index contributed by atoms with van der Waals surface area (Å²) in [5.41, 5.74) is 0. The maximum atomic E-state index is 5.92. The van der Waals surface area contributed by atoms with E-state index in [1.165, 1.54) is 0 Å². The molecule has 1 aromatic heterocycles. The molecule has 7 heteroatoms. The van der Waals surface area contributed by atoms with Gasteiger partial charge in [-0.3, -0.25) is 0 Å². The molecule has 0 aliphatic carbocycles. The largest absolute Gasteiger partial charge is 0.375 e. The smallest absolute Gasteiger partial charge is 0.231 e. The van der Waals surface area contributed by atoms with Crippen LogP contribution < -0.4 is 10.2 Å². The van der Waals surface area contributed by atoms with Gasteiger partial charge in [-0.05, 0) is 24.9 Å². The second-order valence-electron chi connectivity index (χ2n) is 4.28. The number of hydrogen-bond acceptors (Lipinski definition) is 6. The fourth-order valence-corrected chi connectivity index (χ4v) is 1.95. The van der Waals surface area contributed by atoms with E-state index in [2.05, 4.69) is 32.1 Å². The molecule has 2 rings (SSSR count). The van der Waals surface area contributed by atoms with Crippen LogP contribution in [0, 0.1) is 0 Å². The summed E-state index contributed by atoms with van der Waals surface area (Å²) in [4.78, 5) is 14.7. The lowest BCUT2D eigenvalue weighted by Crippen LogP contribution is -2.42. The fourth-order valence-electron chi connectivity index (χ4n) is 1.80. The quantitative estimate of drug-likeness (QED) is 0.897. The van der Waals surface area contributed by atoms with Gasteiger partial charge in [0.25, 0.3) is 0 Å². The SMILES string of the molecule is CCCNc1nc(Cl)nc(N2CCOC(C)C2)n1. The number of rotatable bonds is 4. The standard InChI is InChI=1S/C11H18ClN5O/c1-3-4-13-10-14-9(12)15-11(16-10)17-5-6-18-8(2)7-17/h8H,3-7H2,1-2H3,(H,13,14,15,16). The van der Waals surface area contributed by atoms with E-state index in [-0.39, 0.29) is 11.4 Å². The number of morpholine rings is 1. The topological polar surface area (TPSA) is 63.2 Å². The summed E-state index contributed by atoms with van der Waals surface area (Å²) in [6.07, 6.45) is 1.19. The minimum Gasteiger partial charge on any atom is -0.375 e. The van der Waals surface area contributed by atoms with Gasteiger partial charge in [0.2, 0.25) is 17.2 Å². The van der Waals surface area contributed by atoms with Gasteiger partial charge >= 0.3 is 0 Å². The van der Waals surface area contributed by atoms with Gasteiger partial charge in [-0.1, -0.05) is 6.92 Å². The minimum atomic E-state index is 0.182. The van der Waals surface area contributed by atoms with E-state index >= 15 is 0 Å². The summed E-state index contributed by atoms with van der Waals surface area (Å²) < 4.78 is 5.49. The number of anilines is 2. The number of halogens is 1. The maximum absolute atomic E-state index is 5.92. The molecule has 1 saturated heterocycles. The van der Waals surface area contributed by atoms with Crippen molar-refractivity contribution in [3.05, 3.63) is 5.28 Å². The fraction of sp³-hybridized carbons (Fsp3) is 0.727. The first-order valence-corrected chi connectivity index (χ1v) is 6.59. The first-order valence-electron chi connectivity index (χ1n) is 6.21. The minimum absolute atomic E-state index is 0.182. The molecule has 0 bridgehead atoms. The van der Waals surface area contributed by atoms with Gasteiger partial charge in [0.05, 0.1) is 12.7 Å². The van der Waals surface area contributed by atoms with Crippen molar-refractivity contribution in [2.75, 3.05) is 36.5 Å². The second-order valence-corrected chi connectivity index (χ2v) is 4.62. The molecular formula is C11H18ClN5O. The highest BCUT2D eigenvalue weighted by Crippen LogP contribution is 2.16. The van der Waals surface area contributed by atoms with Crippen molar-refractivity contribution in [3.63, 3.8) is 0 Å².